The van der Waals surface area contributed by atoms with E-state index in [0.717, 1.165) is 35.1 Å². The van der Waals surface area contributed by atoms with Gasteiger partial charge in [-0.05, 0) is 112 Å². The van der Waals surface area contributed by atoms with Crippen molar-refractivity contribution in [1.82, 2.24) is 5.32 Å². The van der Waals surface area contributed by atoms with Crippen LogP contribution in [0.1, 0.15) is 74.4 Å². The molecule has 1 heterocycles. The summed E-state index contributed by atoms with van der Waals surface area (Å²) in [5.41, 5.74) is 3.41. The molecule has 12 heteroatoms. The van der Waals surface area contributed by atoms with Gasteiger partial charge in [0.1, 0.15) is 17.1 Å². The zero-order valence-electron chi connectivity index (χ0n) is 29.5. The quantitative estimate of drug-likeness (QED) is 0.168. The Balaban J connectivity index is 1.26. The lowest BCUT2D eigenvalue weighted by molar-refractivity contribution is -0.129. The topological polar surface area (TPSA) is 168 Å². The summed E-state index contributed by atoms with van der Waals surface area (Å²) in [5, 5.41) is 23.1. The number of alkyl carbamates (subject to hydrolysis) is 1. The Morgan fingerprint density at radius 1 is 0.922 bits per heavy atom. The van der Waals surface area contributed by atoms with Crippen molar-refractivity contribution < 1.29 is 33.8 Å². The molecule has 3 aromatic carbocycles. The highest BCUT2D eigenvalue weighted by molar-refractivity contribution is 6.01. The van der Waals surface area contributed by atoms with Gasteiger partial charge in [0, 0.05) is 41.6 Å². The van der Waals surface area contributed by atoms with Crippen molar-refractivity contribution in [3.05, 3.63) is 83.4 Å². The van der Waals surface area contributed by atoms with Crippen molar-refractivity contribution in [2.75, 3.05) is 25.6 Å². The second-order valence-electron chi connectivity index (χ2n) is 14.0. The summed E-state index contributed by atoms with van der Waals surface area (Å²) in [7, 11) is 1.49. The van der Waals surface area contributed by atoms with E-state index in [2.05, 4.69) is 25.9 Å². The molecule has 1 atom stereocenters. The van der Waals surface area contributed by atoms with Gasteiger partial charge in [-0.3, -0.25) is 9.59 Å². The molecular weight excluding hydrogens is 650 g/mol. The highest BCUT2D eigenvalue weighted by Gasteiger charge is 2.31. The number of amidine groups is 1. The third-order valence-electron chi connectivity index (χ3n) is 9.11. The largest absolute Gasteiger partial charge is 0.496 e. The summed E-state index contributed by atoms with van der Waals surface area (Å²) in [6, 6.07) is 19.6. The lowest BCUT2D eigenvalue weighted by Crippen LogP contribution is -2.37. The standard InChI is InChI=1S/C39H45N5O7/c1-39(2,3)51-38(49)40-22-25-7-11-27(12-8-25)33(45)20-30(36(46)43-31-16-13-28(14-17-31)35-41-23-42-44-35)19-24-5-9-26(10-6-24)32-18-15-29(37(47)48)21-34(32)50-4/h5-6,9-10,13-18,21,25,27,30H,7-8,11-12,19-20,22-23H2,1-4H3,(H,40,49)(H,43,46)(H,47,48)/t25?,27?,30-/m1/s1. The number of anilines is 1. The minimum atomic E-state index is -1.04. The number of azo groups is 1. The second-order valence-corrected chi connectivity index (χ2v) is 14.0. The number of aliphatic imine (C=N–C) groups is 1. The van der Waals surface area contributed by atoms with Crippen molar-refractivity contribution >= 4 is 35.3 Å². The fourth-order valence-electron chi connectivity index (χ4n) is 6.39. The summed E-state index contributed by atoms with van der Waals surface area (Å²) < 4.78 is 10.8. The van der Waals surface area contributed by atoms with Gasteiger partial charge in [-0.2, -0.15) is 5.11 Å². The number of carbonyl (C=O) groups excluding carboxylic acids is 3. The molecule has 0 saturated heterocycles. The van der Waals surface area contributed by atoms with E-state index in [-0.39, 0.29) is 35.5 Å². The molecule has 0 unspecified atom stereocenters. The van der Waals surface area contributed by atoms with Crippen LogP contribution in [0.4, 0.5) is 10.5 Å². The molecule has 12 nitrogen and oxygen atoms in total. The van der Waals surface area contributed by atoms with E-state index < -0.39 is 23.6 Å². The number of hydrogen-bond donors (Lipinski definition) is 3. The zero-order chi connectivity index (χ0) is 36.5. The Labute approximate surface area is 297 Å². The normalized spacial score (nSPS) is 17.6. The molecule has 2 aliphatic rings. The Kier molecular flexibility index (Phi) is 12.0. The van der Waals surface area contributed by atoms with Gasteiger partial charge >= 0.3 is 12.1 Å². The van der Waals surface area contributed by atoms with Gasteiger partial charge in [0.15, 0.2) is 12.5 Å². The number of ketones is 1. The first-order valence-electron chi connectivity index (χ1n) is 17.2. The highest BCUT2D eigenvalue weighted by atomic mass is 16.6. The number of ether oxygens (including phenoxy) is 2. The molecule has 0 bridgehead atoms. The van der Waals surface area contributed by atoms with Crippen LogP contribution in [-0.2, 0) is 20.7 Å². The predicted molar refractivity (Wildman–Crippen MR) is 193 cm³/mol. The van der Waals surface area contributed by atoms with Gasteiger partial charge in [0.05, 0.1) is 12.7 Å². The summed E-state index contributed by atoms with van der Waals surface area (Å²) in [5.74, 6) is -0.747. The lowest BCUT2D eigenvalue weighted by atomic mass is 9.77. The van der Waals surface area contributed by atoms with Crippen LogP contribution in [0, 0.1) is 17.8 Å². The molecule has 51 heavy (non-hydrogen) atoms. The summed E-state index contributed by atoms with van der Waals surface area (Å²) >= 11 is 0. The molecule has 3 N–H and O–H groups in total. The van der Waals surface area contributed by atoms with Gasteiger partial charge < -0.3 is 25.2 Å². The number of Topliss-reactive ketones (excluding diaryl/α,β-unsaturated/α-hetero) is 1. The first-order chi connectivity index (χ1) is 24.4. The average Bonchev–Trinajstić information content (AvgIpc) is 3.65. The van der Waals surface area contributed by atoms with E-state index in [0.29, 0.717) is 49.7 Å². The molecule has 1 saturated carbocycles. The summed E-state index contributed by atoms with van der Waals surface area (Å²) in [4.78, 5) is 55.3. The number of rotatable bonds is 13. The number of methoxy groups -OCH3 is 1. The van der Waals surface area contributed by atoms with Gasteiger partial charge in [-0.15, -0.1) is 5.11 Å². The molecule has 5 rings (SSSR count). The number of benzene rings is 3. The minimum absolute atomic E-state index is 0.0635. The highest BCUT2D eigenvalue weighted by Crippen LogP contribution is 2.33. The van der Waals surface area contributed by atoms with Crippen molar-refractivity contribution in [2.45, 2.75) is 64.9 Å². The maximum Gasteiger partial charge on any atom is 0.407 e. The molecule has 0 spiro atoms. The molecule has 3 aromatic rings. The van der Waals surface area contributed by atoms with Gasteiger partial charge in [-0.25, -0.2) is 14.6 Å². The fourth-order valence-corrected chi connectivity index (χ4v) is 6.39. The second kappa shape index (κ2) is 16.5. The zero-order valence-corrected chi connectivity index (χ0v) is 29.5. The van der Waals surface area contributed by atoms with Crippen LogP contribution in [0.25, 0.3) is 11.1 Å². The Morgan fingerprint density at radius 2 is 1.61 bits per heavy atom. The van der Waals surface area contributed by atoms with E-state index in [1.54, 1.807) is 18.2 Å². The smallest absolute Gasteiger partial charge is 0.407 e. The molecule has 2 amide bonds. The van der Waals surface area contributed by atoms with Crippen LogP contribution in [0.15, 0.2) is 82.0 Å². The van der Waals surface area contributed by atoms with Crippen LogP contribution < -0.4 is 15.4 Å². The maximum atomic E-state index is 13.8. The molecular formula is C39H45N5O7. The van der Waals surface area contributed by atoms with E-state index >= 15 is 0 Å². The Hall–Kier alpha value is -5.39. The number of nitrogens with zero attached hydrogens (tertiary/aromatic N) is 3. The van der Waals surface area contributed by atoms with E-state index in [9.17, 15) is 24.3 Å². The number of carboxylic acids is 1. The first kappa shape index (κ1) is 36.9. The molecule has 1 aliphatic carbocycles. The monoisotopic (exact) mass is 695 g/mol. The average molecular weight is 696 g/mol. The van der Waals surface area contributed by atoms with Crippen molar-refractivity contribution in [1.29, 1.82) is 0 Å². The number of aromatic carboxylic acids is 1. The third kappa shape index (κ3) is 10.3. The molecule has 268 valence electrons. The van der Waals surface area contributed by atoms with Gasteiger partial charge in [0.25, 0.3) is 0 Å². The SMILES string of the molecule is COc1cc(C(=O)O)ccc1-c1ccc(C[C@H](CC(=O)C2CCC(CNC(=O)OC(C)(C)C)CC2)C(=O)Nc2ccc(C3=NCN=N3)cc2)cc1. The number of amides is 2. The lowest BCUT2D eigenvalue weighted by Gasteiger charge is -2.29. The van der Waals surface area contributed by atoms with E-state index in [1.807, 2.05) is 57.2 Å². The van der Waals surface area contributed by atoms with Crippen LogP contribution in [0.2, 0.25) is 0 Å². The van der Waals surface area contributed by atoms with E-state index in [1.165, 1.54) is 19.2 Å². The van der Waals surface area contributed by atoms with E-state index in [4.69, 9.17) is 9.47 Å². The van der Waals surface area contributed by atoms with Gasteiger partial charge in [-0.1, -0.05) is 24.3 Å². The molecule has 1 aliphatic heterocycles. The Morgan fingerprint density at radius 3 is 2.22 bits per heavy atom. The minimum Gasteiger partial charge on any atom is -0.496 e. The molecule has 0 aromatic heterocycles. The third-order valence-corrected chi connectivity index (χ3v) is 9.11. The van der Waals surface area contributed by atoms with Crippen molar-refractivity contribution in [2.24, 2.45) is 33.0 Å². The molecule has 0 radical (unpaired) electrons. The summed E-state index contributed by atoms with van der Waals surface area (Å²) in [6.07, 6.45) is 3.01. The first-order valence-corrected chi connectivity index (χ1v) is 17.2. The van der Waals surface area contributed by atoms with Crippen LogP contribution in [-0.4, -0.2) is 60.6 Å². The number of nitrogens with one attached hydrogen (secondary N) is 2. The van der Waals surface area contributed by atoms with Crippen LogP contribution in [0.5, 0.6) is 5.75 Å². The number of carbonyl (C=O) groups is 4. The molecule has 1 fully saturated rings. The van der Waals surface area contributed by atoms with Crippen LogP contribution in [0.3, 0.4) is 0 Å². The summed E-state index contributed by atoms with van der Waals surface area (Å²) in [6.45, 7) is 6.28. The van der Waals surface area contributed by atoms with Crippen molar-refractivity contribution in [3.8, 4) is 16.9 Å². The van der Waals surface area contributed by atoms with Crippen LogP contribution >= 0.6 is 0 Å². The fraction of sp³-hybridized carbons (Fsp3) is 0.410. The number of carboxylic acid groups (broad SMARTS) is 1. The predicted octanol–water partition coefficient (Wildman–Crippen LogP) is 7.32. The number of hydrogen-bond acceptors (Lipinski definition) is 9. The van der Waals surface area contributed by atoms with Crippen molar-refractivity contribution in [3.63, 3.8) is 0 Å². The maximum absolute atomic E-state index is 13.8. The van der Waals surface area contributed by atoms with Gasteiger partial charge in [0.2, 0.25) is 5.91 Å². The Bertz CT molecular complexity index is 1790.